The van der Waals surface area contributed by atoms with Gasteiger partial charge in [0.15, 0.2) is 5.03 Å². The minimum atomic E-state index is -3.59. The molecule has 0 aliphatic heterocycles. The van der Waals surface area contributed by atoms with Crippen molar-refractivity contribution in [1.29, 1.82) is 0 Å². The van der Waals surface area contributed by atoms with Crippen LogP contribution in [0.3, 0.4) is 0 Å². The fourth-order valence-electron chi connectivity index (χ4n) is 1.58. The molecule has 1 atom stereocenters. The topological polar surface area (TPSA) is 87.7 Å². The predicted molar refractivity (Wildman–Crippen MR) is 73.6 cm³/mol. The van der Waals surface area contributed by atoms with Gasteiger partial charge in [0.05, 0.1) is 12.2 Å². The van der Waals surface area contributed by atoms with Crippen LogP contribution in [0.25, 0.3) is 0 Å². The Labute approximate surface area is 116 Å². The van der Waals surface area contributed by atoms with Gasteiger partial charge in [-0.15, -0.1) is 11.3 Å². The molecule has 2 rings (SSSR count). The summed E-state index contributed by atoms with van der Waals surface area (Å²) in [5.41, 5.74) is 0.890. The van der Waals surface area contributed by atoms with Crippen molar-refractivity contribution >= 4 is 21.4 Å². The van der Waals surface area contributed by atoms with E-state index < -0.39 is 10.0 Å². The number of H-pyrrole nitrogens is 1. The summed E-state index contributed by atoms with van der Waals surface area (Å²) < 4.78 is 26.9. The molecule has 1 unspecified atom stereocenters. The molecule has 0 aliphatic carbocycles. The Bertz CT molecular complexity index is 660. The first-order valence-corrected chi connectivity index (χ1v) is 8.27. The molecule has 0 radical (unpaired) electrons. The third-order valence-electron chi connectivity index (χ3n) is 2.57. The highest BCUT2D eigenvalue weighted by Gasteiger charge is 2.21. The van der Waals surface area contributed by atoms with Crippen molar-refractivity contribution in [1.82, 2.24) is 19.7 Å². The van der Waals surface area contributed by atoms with E-state index in [1.807, 2.05) is 19.2 Å². The van der Waals surface area contributed by atoms with Gasteiger partial charge in [-0.1, -0.05) is 6.92 Å². The summed E-state index contributed by atoms with van der Waals surface area (Å²) in [5, 5.41) is 2.73. The second-order valence-electron chi connectivity index (χ2n) is 4.22. The maximum atomic E-state index is 12.1. The van der Waals surface area contributed by atoms with Crippen molar-refractivity contribution in [2.75, 3.05) is 0 Å². The summed E-state index contributed by atoms with van der Waals surface area (Å²) in [4.78, 5) is 11.1. The van der Waals surface area contributed by atoms with Gasteiger partial charge in [-0.3, -0.25) is 0 Å². The summed E-state index contributed by atoms with van der Waals surface area (Å²) >= 11 is 1.44. The molecule has 104 valence electrons. The minimum Gasteiger partial charge on any atom is -0.332 e. The minimum absolute atomic E-state index is 0.0875. The van der Waals surface area contributed by atoms with Gasteiger partial charge in [0, 0.05) is 17.5 Å². The van der Waals surface area contributed by atoms with Crippen LogP contribution in [0.15, 0.2) is 16.6 Å². The second kappa shape index (κ2) is 5.40. The van der Waals surface area contributed by atoms with Crippen LogP contribution in [-0.2, 0) is 16.4 Å². The lowest BCUT2D eigenvalue weighted by atomic mass is 10.4. The number of rotatable bonds is 5. The molecule has 0 fully saturated rings. The molecule has 0 bridgehead atoms. The van der Waals surface area contributed by atoms with Crippen LogP contribution in [-0.4, -0.2) is 23.4 Å². The summed E-state index contributed by atoms with van der Waals surface area (Å²) in [5.74, 6) is 0.651. The second-order valence-corrected chi connectivity index (χ2v) is 6.79. The molecule has 0 saturated heterocycles. The molecule has 6 nitrogen and oxygen atoms in total. The normalized spacial score (nSPS) is 13.6. The Balaban J connectivity index is 2.17. The van der Waals surface area contributed by atoms with Crippen molar-refractivity contribution in [3.05, 3.63) is 28.1 Å². The maximum Gasteiger partial charge on any atom is 0.258 e. The van der Waals surface area contributed by atoms with Crippen LogP contribution in [0.1, 0.15) is 36.4 Å². The lowest BCUT2D eigenvalue weighted by Gasteiger charge is -2.10. The largest absolute Gasteiger partial charge is 0.332 e. The van der Waals surface area contributed by atoms with Crippen LogP contribution >= 0.6 is 11.3 Å². The molecule has 0 aromatic carbocycles. The SMILES string of the molecule is CCc1ncc(S(=O)(=O)NC(C)c2nc(C)cs2)[nH]1. The Hall–Kier alpha value is -1.25. The highest BCUT2D eigenvalue weighted by Crippen LogP contribution is 2.19. The van der Waals surface area contributed by atoms with Crippen molar-refractivity contribution in [2.24, 2.45) is 0 Å². The number of aromatic nitrogens is 3. The van der Waals surface area contributed by atoms with E-state index in [1.54, 1.807) is 6.92 Å². The van der Waals surface area contributed by atoms with E-state index in [0.717, 1.165) is 10.7 Å². The number of hydrogen-bond acceptors (Lipinski definition) is 5. The first-order chi connectivity index (χ1) is 8.92. The maximum absolute atomic E-state index is 12.1. The van der Waals surface area contributed by atoms with Gasteiger partial charge >= 0.3 is 0 Å². The number of nitrogens with one attached hydrogen (secondary N) is 2. The quantitative estimate of drug-likeness (QED) is 0.881. The highest BCUT2D eigenvalue weighted by molar-refractivity contribution is 7.89. The van der Waals surface area contributed by atoms with Gasteiger partial charge in [0.1, 0.15) is 10.8 Å². The van der Waals surface area contributed by atoms with E-state index in [2.05, 4.69) is 19.7 Å². The molecule has 0 spiro atoms. The van der Waals surface area contributed by atoms with Crippen LogP contribution in [0, 0.1) is 6.92 Å². The third kappa shape index (κ3) is 3.20. The summed E-state index contributed by atoms with van der Waals surface area (Å²) in [6.07, 6.45) is 2.00. The first kappa shape index (κ1) is 14.2. The van der Waals surface area contributed by atoms with Gasteiger partial charge < -0.3 is 4.98 Å². The van der Waals surface area contributed by atoms with Gasteiger partial charge in [-0.25, -0.2) is 23.1 Å². The van der Waals surface area contributed by atoms with Crippen LogP contribution in [0.2, 0.25) is 0 Å². The van der Waals surface area contributed by atoms with Crippen molar-refractivity contribution in [3.8, 4) is 0 Å². The van der Waals surface area contributed by atoms with Crippen molar-refractivity contribution in [2.45, 2.75) is 38.3 Å². The average Bonchev–Trinajstić information content (AvgIpc) is 2.96. The number of hydrogen-bond donors (Lipinski definition) is 2. The zero-order valence-electron chi connectivity index (χ0n) is 11.0. The first-order valence-electron chi connectivity index (χ1n) is 5.90. The molecule has 8 heteroatoms. The molecule has 2 aromatic rings. The number of sulfonamides is 1. The molecule has 19 heavy (non-hydrogen) atoms. The Kier molecular flexibility index (Phi) is 4.02. The number of aryl methyl sites for hydroxylation is 2. The molecule has 2 aromatic heterocycles. The fourth-order valence-corrected chi connectivity index (χ4v) is 3.60. The molecule has 0 saturated carbocycles. The smallest absolute Gasteiger partial charge is 0.258 e. The third-order valence-corrected chi connectivity index (χ3v) is 5.16. The molecule has 0 amide bonds. The molecule has 0 aliphatic rings. The number of imidazole rings is 1. The van der Waals surface area contributed by atoms with Crippen molar-refractivity contribution < 1.29 is 8.42 Å². The van der Waals surface area contributed by atoms with Gasteiger partial charge in [0.25, 0.3) is 10.0 Å². The van der Waals surface area contributed by atoms with E-state index in [4.69, 9.17) is 0 Å². The lowest BCUT2D eigenvalue weighted by molar-refractivity contribution is 0.562. The van der Waals surface area contributed by atoms with E-state index in [-0.39, 0.29) is 11.1 Å². The Morgan fingerprint density at radius 3 is 2.79 bits per heavy atom. The van der Waals surface area contributed by atoms with Gasteiger partial charge in [0.2, 0.25) is 0 Å². The summed E-state index contributed by atoms with van der Waals surface area (Å²) in [6.45, 7) is 5.56. The van der Waals surface area contributed by atoms with E-state index in [1.165, 1.54) is 17.5 Å². The highest BCUT2D eigenvalue weighted by atomic mass is 32.2. The predicted octanol–water partition coefficient (Wildman–Crippen LogP) is 1.78. The van der Waals surface area contributed by atoms with E-state index in [0.29, 0.717) is 12.2 Å². The van der Waals surface area contributed by atoms with Crippen LogP contribution in [0.4, 0.5) is 0 Å². The van der Waals surface area contributed by atoms with Gasteiger partial charge in [-0.2, -0.15) is 0 Å². The van der Waals surface area contributed by atoms with Crippen LogP contribution in [0.5, 0.6) is 0 Å². The van der Waals surface area contributed by atoms with Crippen molar-refractivity contribution in [3.63, 3.8) is 0 Å². The molecule has 2 N–H and O–H groups in total. The zero-order valence-corrected chi connectivity index (χ0v) is 12.6. The monoisotopic (exact) mass is 300 g/mol. The summed E-state index contributed by atoms with van der Waals surface area (Å²) in [6, 6.07) is -0.364. The lowest BCUT2D eigenvalue weighted by Crippen LogP contribution is -2.27. The molecular formula is C11H16N4O2S2. The number of nitrogens with zero attached hydrogens (tertiary/aromatic N) is 2. The average molecular weight is 300 g/mol. The summed E-state index contributed by atoms with van der Waals surface area (Å²) in [7, 11) is -3.59. The van der Waals surface area contributed by atoms with E-state index in [9.17, 15) is 8.42 Å². The number of aromatic amines is 1. The Morgan fingerprint density at radius 2 is 2.26 bits per heavy atom. The van der Waals surface area contributed by atoms with E-state index >= 15 is 0 Å². The standard InChI is InChI=1S/C11H16N4O2S2/c1-4-9-12-5-10(14-9)19(16,17)15-8(3)11-13-7(2)6-18-11/h5-6,8,15H,4H2,1-3H3,(H,12,14). The van der Waals surface area contributed by atoms with Gasteiger partial charge in [-0.05, 0) is 13.8 Å². The zero-order chi connectivity index (χ0) is 14.0. The number of thiazole rings is 1. The van der Waals surface area contributed by atoms with Crippen LogP contribution < -0.4 is 4.72 Å². The Morgan fingerprint density at radius 1 is 1.53 bits per heavy atom. The molecule has 2 heterocycles. The molecular weight excluding hydrogens is 284 g/mol. The fraction of sp³-hybridized carbons (Fsp3) is 0.455.